The third kappa shape index (κ3) is 4.59. The van der Waals surface area contributed by atoms with E-state index in [1.165, 1.54) is 0 Å². The highest BCUT2D eigenvalue weighted by atomic mass is 16.7. The summed E-state index contributed by atoms with van der Waals surface area (Å²) in [5.41, 5.74) is 0.713. The number of amides is 1. The maximum atomic E-state index is 12.6. The molecule has 0 radical (unpaired) electrons. The fourth-order valence-electron chi connectivity index (χ4n) is 3.56. The predicted molar refractivity (Wildman–Crippen MR) is 97.6 cm³/mol. The summed E-state index contributed by atoms with van der Waals surface area (Å²) < 4.78 is 16.6. The normalized spacial score (nSPS) is 20.7. The van der Waals surface area contributed by atoms with Gasteiger partial charge in [0.1, 0.15) is 0 Å². The lowest BCUT2D eigenvalue weighted by Crippen LogP contribution is -2.43. The van der Waals surface area contributed by atoms with E-state index in [2.05, 4.69) is 0 Å². The van der Waals surface area contributed by atoms with E-state index in [-0.39, 0.29) is 17.9 Å². The largest absolute Gasteiger partial charge is 0.478 e. The first kappa shape index (κ1) is 19.6. The third-order valence-corrected chi connectivity index (χ3v) is 5.15. The maximum Gasteiger partial charge on any atom is 0.410 e. The molecule has 1 aromatic rings. The van der Waals surface area contributed by atoms with Crippen molar-refractivity contribution in [2.45, 2.75) is 50.9 Å². The molecule has 1 amide bonds. The first-order valence-corrected chi connectivity index (χ1v) is 9.58. The molecule has 2 aliphatic rings. The number of aromatic carboxylic acids is 1. The number of hydrogen-bond donors (Lipinski definition) is 1. The molecule has 0 spiro atoms. The average molecular weight is 377 g/mol. The molecule has 0 aromatic heterocycles. The molecule has 1 aliphatic heterocycles. The summed E-state index contributed by atoms with van der Waals surface area (Å²) in [5, 5.41) is 9.09. The zero-order chi connectivity index (χ0) is 19.3. The maximum absolute atomic E-state index is 12.6. The zero-order valence-electron chi connectivity index (χ0n) is 15.7. The van der Waals surface area contributed by atoms with E-state index in [1.54, 1.807) is 36.1 Å². The quantitative estimate of drug-likeness (QED) is 0.748. The molecule has 3 rings (SSSR count). The lowest BCUT2D eigenvalue weighted by molar-refractivity contribution is -0.164. The number of benzene rings is 1. The Bertz CT molecular complexity index is 649. The molecule has 7 heteroatoms. The first-order chi connectivity index (χ1) is 13.1. The minimum atomic E-state index is -0.963. The van der Waals surface area contributed by atoms with Gasteiger partial charge in [-0.1, -0.05) is 12.1 Å². The number of ether oxygens (including phenoxy) is 3. The van der Waals surface area contributed by atoms with Gasteiger partial charge < -0.3 is 19.3 Å². The fraction of sp³-hybridized carbons (Fsp3) is 0.600. The second-order valence-electron chi connectivity index (χ2n) is 6.93. The second-order valence-corrected chi connectivity index (χ2v) is 6.93. The Balaban J connectivity index is 1.69. The number of carboxylic acids is 1. The van der Waals surface area contributed by atoms with E-state index in [0.717, 1.165) is 37.7 Å². The van der Waals surface area contributed by atoms with Crippen molar-refractivity contribution in [2.24, 2.45) is 0 Å². The van der Waals surface area contributed by atoms with Crippen LogP contribution in [0.5, 0.6) is 0 Å². The van der Waals surface area contributed by atoms with Crippen LogP contribution in [0.25, 0.3) is 0 Å². The Hall–Kier alpha value is -2.12. The summed E-state index contributed by atoms with van der Waals surface area (Å²) in [4.78, 5) is 25.4. The molecule has 1 aromatic carbocycles. The molecule has 1 saturated carbocycles. The van der Waals surface area contributed by atoms with E-state index in [1.807, 2.05) is 0 Å². The number of carbonyl (C=O) groups excluding carboxylic acids is 1. The molecule has 0 bridgehead atoms. The lowest BCUT2D eigenvalue weighted by atomic mass is 10.0. The highest BCUT2D eigenvalue weighted by Gasteiger charge is 2.52. The smallest absolute Gasteiger partial charge is 0.410 e. The van der Waals surface area contributed by atoms with Gasteiger partial charge in [-0.05, 0) is 56.7 Å². The van der Waals surface area contributed by atoms with Gasteiger partial charge in [-0.15, -0.1) is 0 Å². The summed E-state index contributed by atoms with van der Waals surface area (Å²) in [5.74, 6) is -0.963. The van der Waals surface area contributed by atoms with E-state index in [9.17, 15) is 9.59 Å². The van der Waals surface area contributed by atoms with Gasteiger partial charge in [0.25, 0.3) is 0 Å². The number of nitrogens with zero attached hydrogens (tertiary/aromatic N) is 1. The van der Waals surface area contributed by atoms with Crippen LogP contribution in [0.1, 0.15) is 54.9 Å². The Morgan fingerprint density at radius 2 is 2.00 bits per heavy atom. The molecule has 2 fully saturated rings. The molecule has 1 aliphatic carbocycles. The van der Waals surface area contributed by atoms with Crippen LogP contribution in [0, 0.1) is 0 Å². The van der Waals surface area contributed by atoms with Gasteiger partial charge in [-0.25, -0.2) is 9.59 Å². The highest BCUT2D eigenvalue weighted by Crippen LogP contribution is 2.51. The monoisotopic (exact) mass is 377 g/mol. The molecule has 1 saturated heterocycles. The zero-order valence-corrected chi connectivity index (χ0v) is 15.7. The van der Waals surface area contributed by atoms with Gasteiger partial charge >= 0.3 is 12.1 Å². The Labute approximate surface area is 159 Å². The van der Waals surface area contributed by atoms with Crippen molar-refractivity contribution in [3.05, 3.63) is 35.4 Å². The number of rotatable bonds is 8. The van der Waals surface area contributed by atoms with Crippen molar-refractivity contribution < 1.29 is 28.9 Å². The third-order valence-electron chi connectivity index (χ3n) is 5.15. The Morgan fingerprint density at radius 1 is 1.26 bits per heavy atom. The van der Waals surface area contributed by atoms with Crippen LogP contribution in [-0.2, 0) is 19.7 Å². The van der Waals surface area contributed by atoms with Crippen molar-refractivity contribution in [3.8, 4) is 0 Å². The minimum Gasteiger partial charge on any atom is -0.478 e. The van der Waals surface area contributed by atoms with Crippen molar-refractivity contribution in [3.63, 3.8) is 0 Å². The van der Waals surface area contributed by atoms with Crippen LogP contribution in [-0.4, -0.2) is 54.7 Å². The van der Waals surface area contributed by atoms with Crippen LogP contribution in [0.3, 0.4) is 0 Å². The summed E-state index contributed by atoms with van der Waals surface area (Å²) in [6.07, 6.45) is 4.09. The Morgan fingerprint density at radius 3 is 2.56 bits per heavy atom. The molecular formula is C20H27NO6. The molecule has 1 atom stereocenters. The van der Waals surface area contributed by atoms with Gasteiger partial charge in [0.15, 0.2) is 6.29 Å². The summed E-state index contributed by atoms with van der Waals surface area (Å²) >= 11 is 0. The van der Waals surface area contributed by atoms with Crippen LogP contribution in [0.2, 0.25) is 0 Å². The SMILES string of the molecule is CCOC(=O)N(CCOC1CCCCO1)C1(c2ccc(C(=O)O)cc2)CC1. The van der Waals surface area contributed by atoms with Gasteiger partial charge in [0.2, 0.25) is 0 Å². The summed E-state index contributed by atoms with van der Waals surface area (Å²) in [7, 11) is 0. The molecule has 1 heterocycles. The van der Waals surface area contributed by atoms with Crippen molar-refractivity contribution in [1.82, 2.24) is 4.90 Å². The van der Waals surface area contributed by atoms with Gasteiger partial charge in [-0.2, -0.15) is 0 Å². The van der Waals surface area contributed by atoms with Gasteiger partial charge in [0.05, 0.1) is 24.3 Å². The number of carboxylic acid groups (broad SMARTS) is 1. The second kappa shape index (κ2) is 8.71. The van der Waals surface area contributed by atoms with Crippen LogP contribution >= 0.6 is 0 Å². The van der Waals surface area contributed by atoms with Gasteiger partial charge in [-0.3, -0.25) is 4.90 Å². The molecule has 1 N–H and O–H groups in total. The first-order valence-electron chi connectivity index (χ1n) is 9.58. The van der Waals surface area contributed by atoms with E-state index in [4.69, 9.17) is 19.3 Å². The topological polar surface area (TPSA) is 85.3 Å². The van der Waals surface area contributed by atoms with E-state index >= 15 is 0 Å². The van der Waals surface area contributed by atoms with Crippen LogP contribution in [0.15, 0.2) is 24.3 Å². The predicted octanol–water partition coefficient (Wildman–Crippen LogP) is 3.38. The number of carbonyl (C=O) groups is 2. The average Bonchev–Trinajstić information content (AvgIpc) is 3.48. The molecule has 1 unspecified atom stereocenters. The van der Waals surface area contributed by atoms with Crippen molar-refractivity contribution >= 4 is 12.1 Å². The van der Waals surface area contributed by atoms with E-state index in [0.29, 0.717) is 26.4 Å². The minimum absolute atomic E-state index is 0.201. The van der Waals surface area contributed by atoms with Crippen molar-refractivity contribution in [2.75, 3.05) is 26.4 Å². The molecular weight excluding hydrogens is 350 g/mol. The molecule has 148 valence electrons. The summed E-state index contributed by atoms with van der Waals surface area (Å²) in [6.45, 7) is 3.57. The van der Waals surface area contributed by atoms with Crippen molar-refractivity contribution in [1.29, 1.82) is 0 Å². The van der Waals surface area contributed by atoms with Gasteiger partial charge in [0, 0.05) is 13.2 Å². The highest BCUT2D eigenvalue weighted by molar-refractivity contribution is 5.87. The van der Waals surface area contributed by atoms with Crippen LogP contribution in [0.4, 0.5) is 4.79 Å². The summed E-state index contributed by atoms with van der Waals surface area (Å²) in [6, 6.07) is 6.72. The standard InChI is InChI=1S/C20H27NO6/c1-2-25-19(24)21(12-14-27-17-5-3-4-13-26-17)20(10-11-20)16-8-6-15(7-9-16)18(22)23/h6-9,17H,2-5,10-14H2,1H3,(H,22,23). The fourth-order valence-corrected chi connectivity index (χ4v) is 3.56. The van der Waals surface area contributed by atoms with E-state index < -0.39 is 11.5 Å². The Kier molecular flexibility index (Phi) is 6.34. The molecule has 7 nitrogen and oxygen atoms in total. The number of hydrogen-bond acceptors (Lipinski definition) is 5. The van der Waals surface area contributed by atoms with Crippen LogP contribution < -0.4 is 0 Å². The molecule has 27 heavy (non-hydrogen) atoms. The lowest BCUT2D eigenvalue weighted by Gasteiger charge is -2.32.